The lowest BCUT2D eigenvalue weighted by molar-refractivity contribution is 0.250. The Morgan fingerprint density at radius 2 is 1.71 bits per heavy atom. The molecular formula is C21H26N2O. The quantitative estimate of drug-likeness (QED) is 0.776. The second-order valence-electron chi connectivity index (χ2n) is 6.29. The molecule has 2 aromatic carbocycles. The Morgan fingerprint density at radius 1 is 0.958 bits per heavy atom. The lowest BCUT2D eigenvalue weighted by Crippen LogP contribution is -2.46. The van der Waals surface area contributed by atoms with Crippen molar-refractivity contribution in [2.45, 2.75) is 13.5 Å². The third-order valence-corrected chi connectivity index (χ3v) is 4.63. The fourth-order valence-electron chi connectivity index (χ4n) is 3.28. The Morgan fingerprint density at radius 3 is 2.42 bits per heavy atom. The molecule has 0 atom stereocenters. The molecular weight excluding hydrogens is 296 g/mol. The Hall–Kier alpha value is -2.26. The molecule has 0 aromatic heterocycles. The fourth-order valence-corrected chi connectivity index (χ4v) is 3.28. The van der Waals surface area contributed by atoms with E-state index in [1.807, 2.05) is 0 Å². The van der Waals surface area contributed by atoms with Crippen molar-refractivity contribution in [2.24, 2.45) is 0 Å². The molecule has 0 N–H and O–H groups in total. The number of hydrogen-bond acceptors (Lipinski definition) is 3. The van der Waals surface area contributed by atoms with Crippen molar-refractivity contribution in [3.63, 3.8) is 0 Å². The zero-order valence-electron chi connectivity index (χ0n) is 14.6. The van der Waals surface area contributed by atoms with Gasteiger partial charge in [0.25, 0.3) is 0 Å². The van der Waals surface area contributed by atoms with Gasteiger partial charge in [0.2, 0.25) is 0 Å². The Kier molecular flexibility index (Phi) is 5.55. The lowest BCUT2D eigenvalue weighted by atomic mass is 10.0. The van der Waals surface area contributed by atoms with Crippen molar-refractivity contribution in [3.8, 4) is 0 Å². The van der Waals surface area contributed by atoms with E-state index in [0.717, 1.165) is 32.7 Å². The van der Waals surface area contributed by atoms with Crippen LogP contribution in [0, 0.1) is 6.92 Å². The van der Waals surface area contributed by atoms with Crippen molar-refractivity contribution in [1.82, 2.24) is 4.90 Å². The van der Waals surface area contributed by atoms with Gasteiger partial charge in [-0.25, -0.2) is 0 Å². The maximum atomic E-state index is 5.12. The number of piperazine rings is 1. The van der Waals surface area contributed by atoms with Crippen LogP contribution in [0.25, 0.3) is 6.08 Å². The maximum Gasteiger partial charge on any atom is 0.0831 e. The molecule has 2 aromatic rings. The first-order valence-corrected chi connectivity index (χ1v) is 8.58. The van der Waals surface area contributed by atoms with E-state index in [0.29, 0.717) is 0 Å². The first-order chi connectivity index (χ1) is 11.8. The molecule has 1 aliphatic rings. The number of methoxy groups -OCH3 is 1. The average molecular weight is 322 g/mol. The molecule has 0 bridgehead atoms. The van der Waals surface area contributed by atoms with Gasteiger partial charge in [-0.3, -0.25) is 4.90 Å². The highest BCUT2D eigenvalue weighted by atomic mass is 16.5. The minimum atomic E-state index is 1.04. The molecule has 3 heteroatoms. The predicted molar refractivity (Wildman–Crippen MR) is 101 cm³/mol. The van der Waals surface area contributed by atoms with E-state index in [1.54, 1.807) is 13.4 Å². The number of nitrogens with zero attached hydrogens (tertiary/aromatic N) is 2. The van der Waals surface area contributed by atoms with Crippen LogP contribution in [0.3, 0.4) is 0 Å². The van der Waals surface area contributed by atoms with Crippen LogP contribution in [0.4, 0.5) is 5.69 Å². The van der Waals surface area contributed by atoms with Crippen LogP contribution < -0.4 is 4.90 Å². The van der Waals surface area contributed by atoms with E-state index in [2.05, 4.69) is 71.3 Å². The first kappa shape index (κ1) is 16.6. The van der Waals surface area contributed by atoms with E-state index in [4.69, 9.17) is 4.74 Å². The monoisotopic (exact) mass is 322 g/mol. The smallest absolute Gasteiger partial charge is 0.0831 e. The van der Waals surface area contributed by atoms with Crippen LogP contribution in [0.1, 0.15) is 16.7 Å². The summed E-state index contributed by atoms with van der Waals surface area (Å²) in [7, 11) is 1.69. The van der Waals surface area contributed by atoms with Gasteiger partial charge in [0.1, 0.15) is 0 Å². The van der Waals surface area contributed by atoms with Crippen LogP contribution in [0.15, 0.2) is 54.8 Å². The second-order valence-corrected chi connectivity index (χ2v) is 6.29. The van der Waals surface area contributed by atoms with Crippen molar-refractivity contribution in [1.29, 1.82) is 0 Å². The highest BCUT2D eigenvalue weighted by Gasteiger charge is 2.19. The summed E-state index contributed by atoms with van der Waals surface area (Å²) < 4.78 is 5.12. The van der Waals surface area contributed by atoms with Crippen LogP contribution in [0.2, 0.25) is 0 Å². The number of ether oxygens (including phenoxy) is 1. The summed E-state index contributed by atoms with van der Waals surface area (Å²) in [4.78, 5) is 5.02. The molecule has 0 amide bonds. The van der Waals surface area contributed by atoms with Crippen molar-refractivity contribution >= 4 is 11.8 Å². The van der Waals surface area contributed by atoms with Crippen molar-refractivity contribution < 1.29 is 4.74 Å². The topological polar surface area (TPSA) is 15.7 Å². The highest BCUT2D eigenvalue weighted by Crippen LogP contribution is 2.26. The summed E-state index contributed by atoms with van der Waals surface area (Å²) in [6, 6.07) is 17.2. The molecule has 126 valence electrons. The van der Waals surface area contributed by atoms with Gasteiger partial charge in [0, 0.05) is 44.0 Å². The maximum absolute atomic E-state index is 5.12. The number of aryl methyl sites for hydroxylation is 1. The summed E-state index contributed by atoms with van der Waals surface area (Å²) >= 11 is 0. The van der Waals surface area contributed by atoms with Crippen molar-refractivity contribution in [3.05, 3.63) is 71.5 Å². The van der Waals surface area contributed by atoms with Gasteiger partial charge in [0.15, 0.2) is 0 Å². The van der Waals surface area contributed by atoms with Gasteiger partial charge < -0.3 is 9.64 Å². The zero-order valence-corrected chi connectivity index (χ0v) is 14.6. The van der Waals surface area contributed by atoms with Gasteiger partial charge in [-0.2, -0.15) is 0 Å². The van der Waals surface area contributed by atoms with Gasteiger partial charge in [-0.15, -0.1) is 0 Å². The average Bonchev–Trinajstić information content (AvgIpc) is 2.62. The molecule has 0 unspecified atom stereocenters. The van der Waals surface area contributed by atoms with E-state index in [9.17, 15) is 0 Å². The molecule has 0 saturated carbocycles. The number of benzene rings is 2. The van der Waals surface area contributed by atoms with E-state index in [-0.39, 0.29) is 0 Å². The van der Waals surface area contributed by atoms with E-state index < -0.39 is 0 Å². The number of anilines is 1. The summed E-state index contributed by atoms with van der Waals surface area (Å²) in [6.45, 7) is 7.50. The van der Waals surface area contributed by atoms with Crippen LogP contribution >= 0.6 is 0 Å². The Balaban J connectivity index is 1.67. The van der Waals surface area contributed by atoms with Gasteiger partial charge in [-0.05, 0) is 30.2 Å². The molecule has 1 fully saturated rings. The molecule has 3 nitrogen and oxygen atoms in total. The molecule has 1 heterocycles. The Labute approximate surface area is 145 Å². The predicted octanol–water partition coefficient (Wildman–Crippen LogP) is 3.93. The first-order valence-electron chi connectivity index (χ1n) is 8.58. The number of rotatable bonds is 5. The molecule has 0 radical (unpaired) electrons. The lowest BCUT2D eigenvalue weighted by Gasteiger charge is -2.37. The second kappa shape index (κ2) is 8.02. The molecule has 1 aliphatic heterocycles. The summed E-state index contributed by atoms with van der Waals surface area (Å²) in [5.41, 5.74) is 5.25. The van der Waals surface area contributed by atoms with Gasteiger partial charge >= 0.3 is 0 Å². The minimum Gasteiger partial charge on any atom is -0.504 e. The van der Waals surface area contributed by atoms with E-state index >= 15 is 0 Å². The molecule has 1 saturated heterocycles. The Bertz CT molecular complexity index is 673. The third-order valence-electron chi connectivity index (χ3n) is 4.63. The largest absolute Gasteiger partial charge is 0.504 e. The molecule has 24 heavy (non-hydrogen) atoms. The SMILES string of the molecule is COC=Cc1c(C)cccc1N1CCN(Cc2ccccc2)CC1. The summed E-state index contributed by atoms with van der Waals surface area (Å²) in [6.07, 6.45) is 3.83. The van der Waals surface area contributed by atoms with Crippen LogP contribution in [-0.2, 0) is 11.3 Å². The van der Waals surface area contributed by atoms with E-state index in [1.165, 1.54) is 22.4 Å². The summed E-state index contributed by atoms with van der Waals surface area (Å²) in [5.74, 6) is 0. The van der Waals surface area contributed by atoms with Crippen LogP contribution in [-0.4, -0.2) is 38.2 Å². The molecule has 0 spiro atoms. The van der Waals surface area contributed by atoms with Gasteiger partial charge in [-0.1, -0.05) is 42.5 Å². The minimum absolute atomic E-state index is 1.04. The van der Waals surface area contributed by atoms with Crippen LogP contribution in [0.5, 0.6) is 0 Å². The molecule has 3 rings (SSSR count). The fraction of sp³-hybridized carbons (Fsp3) is 0.333. The standard InChI is InChI=1S/C21H26N2O/c1-18-7-6-10-21(20(18)11-16-24-2)23-14-12-22(13-15-23)17-19-8-4-3-5-9-19/h3-11,16H,12-15,17H2,1-2H3. The zero-order chi connectivity index (χ0) is 16.8. The molecule has 0 aliphatic carbocycles. The normalized spacial score (nSPS) is 15.8. The highest BCUT2D eigenvalue weighted by molar-refractivity contribution is 5.70. The van der Waals surface area contributed by atoms with Gasteiger partial charge in [0.05, 0.1) is 13.4 Å². The number of hydrogen-bond donors (Lipinski definition) is 0. The van der Waals surface area contributed by atoms with Crippen molar-refractivity contribution in [2.75, 3.05) is 38.2 Å². The summed E-state index contributed by atoms with van der Waals surface area (Å²) in [5, 5.41) is 0. The third kappa shape index (κ3) is 3.98.